The summed E-state index contributed by atoms with van der Waals surface area (Å²) in [5, 5.41) is 3.23. The fraction of sp³-hybridized carbons (Fsp3) is 0.182. The molecule has 4 rings (SSSR count). The van der Waals surface area contributed by atoms with Gasteiger partial charge in [0.05, 0.1) is 27.0 Å². The molecule has 2 aromatic carbocycles. The highest BCUT2D eigenvalue weighted by Gasteiger charge is 2.26. The minimum Gasteiger partial charge on any atom is -0.493 e. The second kappa shape index (κ2) is 8.72. The first kappa shape index (κ1) is 21.4. The van der Waals surface area contributed by atoms with Gasteiger partial charge in [-0.15, -0.1) is 0 Å². The lowest BCUT2D eigenvalue weighted by Crippen LogP contribution is -2.14. The highest BCUT2D eigenvalue weighted by atomic mass is 35.5. The van der Waals surface area contributed by atoms with Crippen LogP contribution in [0, 0.1) is 0 Å². The number of anilines is 2. The number of aromatic nitrogens is 2. The molecule has 32 heavy (non-hydrogen) atoms. The topological polar surface area (TPSA) is 121 Å². The van der Waals surface area contributed by atoms with Gasteiger partial charge in [-0.25, -0.2) is 9.98 Å². The minimum absolute atomic E-state index is 0.0779. The normalized spacial score (nSPS) is 13.6. The molecule has 0 radical (unpaired) electrons. The number of methoxy groups -OCH3 is 3. The number of hydrogen-bond acceptors (Lipinski definition) is 8. The number of carbonyl (C=O) groups excluding carboxylic acids is 1. The molecule has 0 saturated heterocycles. The maximum absolute atomic E-state index is 12.3. The number of aliphatic imine (C=N–C) groups is 1. The second-order valence-corrected chi connectivity index (χ2v) is 7.33. The predicted octanol–water partition coefficient (Wildman–Crippen LogP) is 3.40. The Balaban J connectivity index is 1.64. The number of nitrogens with one attached hydrogen (secondary N) is 1. The lowest BCUT2D eigenvalue weighted by molar-refractivity contribution is -0.110. The highest BCUT2D eigenvalue weighted by molar-refractivity contribution is 6.54. The molecule has 164 valence electrons. The first-order valence-corrected chi connectivity index (χ1v) is 9.91. The zero-order valence-corrected chi connectivity index (χ0v) is 18.4. The summed E-state index contributed by atoms with van der Waals surface area (Å²) in [7, 11) is 4.65. The van der Waals surface area contributed by atoms with E-state index < -0.39 is 0 Å². The molecule has 0 aliphatic carbocycles. The van der Waals surface area contributed by atoms with E-state index in [9.17, 15) is 4.79 Å². The first-order chi connectivity index (χ1) is 15.4. The van der Waals surface area contributed by atoms with E-state index in [0.717, 1.165) is 5.56 Å². The third-order valence-corrected chi connectivity index (χ3v) is 5.15. The third kappa shape index (κ3) is 4.02. The van der Waals surface area contributed by atoms with Crippen molar-refractivity contribution in [2.24, 2.45) is 4.99 Å². The third-order valence-electron chi connectivity index (χ3n) is 4.92. The molecular weight excluding hydrogens is 434 g/mol. The smallest absolute Gasteiger partial charge is 0.275 e. The van der Waals surface area contributed by atoms with Gasteiger partial charge in [-0.3, -0.25) is 4.79 Å². The summed E-state index contributed by atoms with van der Waals surface area (Å²) in [4.78, 5) is 25.1. The number of benzene rings is 2. The first-order valence-electron chi connectivity index (χ1n) is 9.53. The van der Waals surface area contributed by atoms with Crippen molar-refractivity contribution < 1.29 is 19.0 Å². The van der Waals surface area contributed by atoms with Crippen molar-refractivity contribution in [2.45, 2.75) is 6.42 Å². The Labute approximate surface area is 189 Å². The molecule has 0 bridgehead atoms. The Morgan fingerprint density at radius 1 is 1.09 bits per heavy atom. The molecule has 3 N–H and O–H groups in total. The van der Waals surface area contributed by atoms with Crippen molar-refractivity contribution in [1.29, 1.82) is 0 Å². The average Bonchev–Trinajstić information content (AvgIpc) is 3.09. The molecule has 0 atom stereocenters. The number of nitrogens with zero attached hydrogens (tertiary/aromatic N) is 3. The van der Waals surface area contributed by atoms with E-state index in [2.05, 4.69) is 20.3 Å². The number of nitrogen functional groups attached to an aromatic ring is 1. The standard InChI is InChI=1S/C22H20ClN5O4/c1-30-16-7-11(8-17(31-2)19(16)32-3)6-12-10-25-22(28-20(12)24)27-18-14-9-13(23)4-5-15(14)26-21(18)29/h4-5,7-10H,6H2,1-3H3,(H3,24,25,26,27,28,29). The van der Waals surface area contributed by atoms with Crippen LogP contribution in [-0.2, 0) is 11.2 Å². The van der Waals surface area contributed by atoms with Crippen LogP contribution < -0.4 is 25.3 Å². The number of fused-ring (bicyclic) bond motifs is 1. The van der Waals surface area contributed by atoms with Crippen molar-refractivity contribution >= 4 is 40.7 Å². The van der Waals surface area contributed by atoms with Crippen LogP contribution in [0.1, 0.15) is 16.7 Å². The van der Waals surface area contributed by atoms with Gasteiger partial charge in [-0.1, -0.05) is 11.6 Å². The number of ether oxygens (including phenoxy) is 3. The fourth-order valence-electron chi connectivity index (χ4n) is 3.39. The minimum atomic E-state index is -0.356. The lowest BCUT2D eigenvalue weighted by atomic mass is 10.1. The van der Waals surface area contributed by atoms with Crippen molar-refractivity contribution in [2.75, 3.05) is 32.4 Å². The Morgan fingerprint density at radius 3 is 2.44 bits per heavy atom. The maximum atomic E-state index is 12.3. The van der Waals surface area contributed by atoms with E-state index in [4.69, 9.17) is 31.5 Å². The lowest BCUT2D eigenvalue weighted by Gasteiger charge is -2.14. The van der Waals surface area contributed by atoms with Gasteiger partial charge in [-0.2, -0.15) is 4.98 Å². The van der Waals surface area contributed by atoms with Crippen LogP contribution in [0.2, 0.25) is 5.02 Å². The van der Waals surface area contributed by atoms with E-state index in [0.29, 0.717) is 45.5 Å². The van der Waals surface area contributed by atoms with Crippen LogP contribution in [0.3, 0.4) is 0 Å². The van der Waals surface area contributed by atoms with Crippen molar-refractivity contribution in [1.82, 2.24) is 9.97 Å². The molecule has 0 spiro atoms. The van der Waals surface area contributed by atoms with Gasteiger partial charge in [0, 0.05) is 28.8 Å². The van der Waals surface area contributed by atoms with Gasteiger partial charge < -0.3 is 25.3 Å². The number of halogens is 1. The van der Waals surface area contributed by atoms with E-state index in [1.54, 1.807) is 45.7 Å². The van der Waals surface area contributed by atoms with Gasteiger partial charge >= 0.3 is 0 Å². The SMILES string of the molecule is COc1cc(Cc2cnc(/N=C3/C(=O)Nc4ccc(Cl)cc43)nc2N)cc(OC)c1OC. The highest BCUT2D eigenvalue weighted by Crippen LogP contribution is 2.39. The van der Waals surface area contributed by atoms with Crippen molar-refractivity contribution in [3.8, 4) is 17.2 Å². The Hall–Kier alpha value is -3.85. The van der Waals surface area contributed by atoms with Crippen LogP contribution in [0.4, 0.5) is 17.5 Å². The van der Waals surface area contributed by atoms with Crippen LogP contribution in [0.15, 0.2) is 41.5 Å². The van der Waals surface area contributed by atoms with Crippen LogP contribution in [-0.4, -0.2) is 42.9 Å². The zero-order chi connectivity index (χ0) is 22.8. The summed E-state index contributed by atoms with van der Waals surface area (Å²) < 4.78 is 16.1. The van der Waals surface area contributed by atoms with E-state index in [1.807, 2.05) is 12.1 Å². The monoisotopic (exact) mass is 453 g/mol. The van der Waals surface area contributed by atoms with Crippen LogP contribution in [0.25, 0.3) is 0 Å². The van der Waals surface area contributed by atoms with Crippen LogP contribution >= 0.6 is 11.6 Å². The van der Waals surface area contributed by atoms with Gasteiger partial charge in [0.2, 0.25) is 5.75 Å². The summed E-state index contributed by atoms with van der Waals surface area (Å²) in [6.45, 7) is 0. The number of carbonyl (C=O) groups is 1. The molecule has 3 aromatic rings. The van der Waals surface area contributed by atoms with E-state index in [-0.39, 0.29) is 23.4 Å². The molecule has 1 amide bonds. The fourth-order valence-corrected chi connectivity index (χ4v) is 3.57. The molecule has 9 nitrogen and oxygen atoms in total. The molecule has 2 heterocycles. The number of nitrogens with two attached hydrogens (primary N) is 1. The molecule has 0 unspecified atom stereocenters. The molecule has 1 aromatic heterocycles. The Bertz CT molecular complexity index is 1220. The number of rotatable bonds is 6. The molecule has 0 fully saturated rings. The van der Waals surface area contributed by atoms with Gasteiger partial charge in [0.1, 0.15) is 11.5 Å². The zero-order valence-electron chi connectivity index (χ0n) is 17.6. The molecular formula is C22H20ClN5O4. The summed E-state index contributed by atoms with van der Waals surface area (Å²) in [5.74, 6) is 1.55. The van der Waals surface area contributed by atoms with Gasteiger partial charge in [0.25, 0.3) is 11.9 Å². The summed E-state index contributed by atoms with van der Waals surface area (Å²) in [6, 6.07) is 8.73. The van der Waals surface area contributed by atoms with E-state index >= 15 is 0 Å². The molecule has 1 aliphatic heterocycles. The Kier molecular flexibility index (Phi) is 5.83. The van der Waals surface area contributed by atoms with Gasteiger partial charge in [0.15, 0.2) is 11.5 Å². The van der Waals surface area contributed by atoms with Crippen LogP contribution in [0.5, 0.6) is 17.2 Å². The van der Waals surface area contributed by atoms with Gasteiger partial charge in [-0.05, 0) is 35.9 Å². The summed E-state index contributed by atoms with van der Waals surface area (Å²) >= 11 is 6.05. The largest absolute Gasteiger partial charge is 0.493 e. The average molecular weight is 454 g/mol. The predicted molar refractivity (Wildman–Crippen MR) is 122 cm³/mol. The van der Waals surface area contributed by atoms with Crippen molar-refractivity contribution in [3.05, 3.63) is 58.2 Å². The number of hydrogen-bond donors (Lipinski definition) is 2. The molecule has 10 heteroatoms. The molecule has 1 aliphatic rings. The van der Waals surface area contributed by atoms with Crippen molar-refractivity contribution in [3.63, 3.8) is 0 Å². The maximum Gasteiger partial charge on any atom is 0.275 e. The summed E-state index contributed by atoms with van der Waals surface area (Å²) in [5.41, 5.74) is 9.11. The number of amides is 1. The Morgan fingerprint density at radius 2 is 1.81 bits per heavy atom. The molecule has 0 saturated carbocycles. The summed E-state index contributed by atoms with van der Waals surface area (Å²) in [6.07, 6.45) is 2.01. The second-order valence-electron chi connectivity index (χ2n) is 6.90. The quantitative estimate of drug-likeness (QED) is 0.586. The van der Waals surface area contributed by atoms with E-state index in [1.165, 1.54) is 0 Å².